The summed E-state index contributed by atoms with van der Waals surface area (Å²) in [6.45, 7) is 1.64. The lowest BCUT2D eigenvalue weighted by Gasteiger charge is -2.07. The predicted molar refractivity (Wildman–Crippen MR) is 57.0 cm³/mol. The maximum Gasteiger partial charge on any atom is 0.307 e. The fourth-order valence-electron chi connectivity index (χ4n) is 1.20. The van der Waals surface area contributed by atoms with E-state index >= 15 is 0 Å². The Morgan fingerprint density at radius 3 is 2.33 bits per heavy atom. The standard InChI is InChI=1S/C10H12O4S/c1-7(15(13)14)9-4-2-8(3-5-9)6-10(11)12/h2-5,7H,6H2,1H3,(H,11,12)(H,13,14). The SMILES string of the molecule is CC(c1ccc(CC(=O)O)cc1)S(=O)O. The zero-order valence-corrected chi connectivity index (χ0v) is 9.03. The summed E-state index contributed by atoms with van der Waals surface area (Å²) in [6, 6.07) is 6.67. The summed E-state index contributed by atoms with van der Waals surface area (Å²) in [5.41, 5.74) is 1.41. The molecule has 1 aromatic carbocycles. The number of benzene rings is 1. The van der Waals surface area contributed by atoms with E-state index in [1.807, 2.05) is 0 Å². The minimum atomic E-state index is -1.89. The Morgan fingerprint density at radius 1 is 1.40 bits per heavy atom. The number of hydrogen-bond donors (Lipinski definition) is 2. The van der Waals surface area contributed by atoms with Gasteiger partial charge in [-0.3, -0.25) is 4.79 Å². The molecule has 2 atom stereocenters. The fraction of sp³-hybridized carbons (Fsp3) is 0.300. The van der Waals surface area contributed by atoms with Crippen LogP contribution in [-0.4, -0.2) is 19.8 Å². The molecule has 5 heteroatoms. The van der Waals surface area contributed by atoms with Gasteiger partial charge in [0, 0.05) is 0 Å². The van der Waals surface area contributed by atoms with Crippen LogP contribution in [-0.2, 0) is 22.3 Å². The van der Waals surface area contributed by atoms with Gasteiger partial charge in [-0.1, -0.05) is 24.3 Å². The Labute approximate surface area is 90.2 Å². The molecule has 2 N–H and O–H groups in total. The molecule has 0 spiro atoms. The van der Waals surface area contributed by atoms with Gasteiger partial charge in [0.2, 0.25) is 0 Å². The second-order valence-corrected chi connectivity index (χ2v) is 4.49. The van der Waals surface area contributed by atoms with Crippen LogP contribution in [0.1, 0.15) is 23.3 Å². The molecule has 1 rings (SSSR count). The van der Waals surface area contributed by atoms with Crippen molar-refractivity contribution in [3.8, 4) is 0 Å². The summed E-state index contributed by atoms with van der Waals surface area (Å²) in [4.78, 5) is 10.4. The van der Waals surface area contributed by atoms with Gasteiger partial charge in [-0.2, -0.15) is 0 Å². The number of carbonyl (C=O) groups is 1. The van der Waals surface area contributed by atoms with Crippen molar-refractivity contribution in [3.63, 3.8) is 0 Å². The first-order valence-electron chi connectivity index (χ1n) is 4.41. The minimum Gasteiger partial charge on any atom is -0.481 e. The molecular formula is C10H12O4S. The molecule has 0 heterocycles. The number of aliphatic carboxylic acids is 1. The summed E-state index contributed by atoms with van der Waals surface area (Å²) >= 11 is -1.89. The zero-order chi connectivity index (χ0) is 11.4. The van der Waals surface area contributed by atoms with Gasteiger partial charge in [0.15, 0.2) is 11.1 Å². The van der Waals surface area contributed by atoms with E-state index < -0.39 is 22.3 Å². The van der Waals surface area contributed by atoms with Gasteiger partial charge in [0.1, 0.15) is 0 Å². The summed E-state index contributed by atoms with van der Waals surface area (Å²) in [7, 11) is 0. The molecule has 1 aromatic rings. The largest absolute Gasteiger partial charge is 0.481 e. The lowest BCUT2D eigenvalue weighted by Crippen LogP contribution is -2.03. The van der Waals surface area contributed by atoms with Crippen molar-refractivity contribution in [1.29, 1.82) is 0 Å². The lowest BCUT2D eigenvalue weighted by molar-refractivity contribution is -0.136. The molecule has 0 aliphatic rings. The average molecular weight is 228 g/mol. The van der Waals surface area contributed by atoms with Crippen molar-refractivity contribution in [1.82, 2.24) is 0 Å². The van der Waals surface area contributed by atoms with E-state index in [2.05, 4.69) is 0 Å². The molecule has 0 radical (unpaired) electrons. The number of hydrogen-bond acceptors (Lipinski definition) is 2. The van der Waals surface area contributed by atoms with Crippen LogP contribution in [0, 0.1) is 0 Å². The Kier molecular flexibility index (Phi) is 3.99. The van der Waals surface area contributed by atoms with E-state index in [4.69, 9.17) is 9.66 Å². The van der Waals surface area contributed by atoms with Crippen LogP contribution in [0.15, 0.2) is 24.3 Å². The molecule has 0 aliphatic carbocycles. The van der Waals surface area contributed by atoms with Crippen LogP contribution in [0.2, 0.25) is 0 Å². The van der Waals surface area contributed by atoms with Crippen LogP contribution in [0.4, 0.5) is 0 Å². The molecule has 2 unspecified atom stereocenters. The summed E-state index contributed by atoms with van der Waals surface area (Å²) in [5.74, 6) is -0.887. The molecule has 4 nitrogen and oxygen atoms in total. The minimum absolute atomic E-state index is 0.0309. The molecular weight excluding hydrogens is 216 g/mol. The molecule has 0 amide bonds. The number of carboxylic acids is 1. The lowest BCUT2D eigenvalue weighted by atomic mass is 10.1. The quantitative estimate of drug-likeness (QED) is 0.767. The van der Waals surface area contributed by atoms with Crippen molar-refractivity contribution in [2.45, 2.75) is 18.6 Å². The van der Waals surface area contributed by atoms with Crippen molar-refractivity contribution < 1.29 is 18.7 Å². The second kappa shape index (κ2) is 5.04. The smallest absolute Gasteiger partial charge is 0.307 e. The molecule has 0 saturated carbocycles. The van der Waals surface area contributed by atoms with Crippen molar-refractivity contribution >= 4 is 17.0 Å². The molecule has 0 bridgehead atoms. The van der Waals surface area contributed by atoms with Crippen molar-refractivity contribution in [2.24, 2.45) is 0 Å². The average Bonchev–Trinajstić information content (AvgIpc) is 2.17. The highest BCUT2D eigenvalue weighted by molar-refractivity contribution is 7.79. The third kappa shape index (κ3) is 3.45. The van der Waals surface area contributed by atoms with Gasteiger partial charge >= 0.3 is 5.97 Å². The number of carboxylic acid groups (broad SMARTS) is 1. The second-order valence-electron chi connectivity index (χ2n) is 3.23. The van der Waals surface area contributed by atoms with E-state index in [0.717, 1.165) is 5.56 Å². The predicted octanol–water partition coefficient (Wildman–Crippen LogP) is 1.60. The van der Waals surface area contributed by atoms with Gasteiger partial charge in [-0.05, 0) is 18.1 Å². The van der Waals surface area contributed by atoms with Gasteiger partial charge in [0.25, 0.3) is 0 Å². The normalized spacial score (nSPS) is 14.5. The third-order valence-corrected chi connectivity index (χ3v) is 2.98. The molecule has 0 aliphatic heterocycles. The Balaban J connectivity index is 2.80. The van der Waals surface area contributed by atoms with Crippen LogP contribution in [0.3, 0.4) is 0 Å². The monoisotopic (exact) mass is 228 g/mol. The van der Waals surface area contributed by atoms with Gasteiger partial charge in [0.05, 0.1) is 11.7 Å². The topological polar surface area (TPSA) is 74.6 Å². The fourth-order valence-corrected chi connectivity index (χ4v) is 1.59. The maximum atomic E-state index is 10.8. The van der Waals surface area contributed by atoms with Crippen LogP contribution in [0.5, 0.6) is 0 Å². The van der Waals surface area contributed by atoms with Crippen molar-refractivity contribution in [3.05, 3.63) is 35.4 Å². The third-order valence-electron chi connectivity index (χ3n) is 2.11. The highest BCUT2D eigenvalue weighted by Crippen LogP contribution is 2.18. The summed E-state index contributed by atoms with van der Waals surface area (Å²) in [6.07, 6.45) is -0.0309. The van der Waals surface area contributed by atoms with E-state index in [-0.39, 0.29) is 6.42 Å². The molecule has 0 fully saturated rings. The highest BCUT2D eigenvalue weighted by atomic mass is 32.2. The Morgan fingerprint density at radius 2 is 1.93 bits per heavy atom. The van der Waals surface area contributed by atoms with E-state index in [1.165, 1.54) is 0 Å². The van der Waals surface area contributed by atoms with Gasteiger partial charge in [-0.15, -0.1) is 0 Å². The first-order chi connectivity index (χ1) is 7.00. The van der Waals surface area contributed by atoms with E-state index in [0.29, 0.717) is 5.56 Å². The van der Waals surface area contributed by atoms with Crippen molar-refractivity contribution in [2.75, 3.05) is 0 Å². The Bertz CT molecular complexity index is 372. The molecule has 82 valence electrons. The first-order valence-corrected chi connectivity index (χ1v) is 5.58. The number of rotatable bonds is 4. The van der Waals surface area contributed by atoms with Gasteiger partial charge < -0.3 is 9.66 Å². The van der Waals surface area contributed by atoms with E-state index in [1.54, 1.807) is 31.2 Å². The van der Waals surface area contributed by atoms with Gasteiger partial charge in [-0.25, -0.2) is 4.21 Å². The Hall–Kier alpha value is -1.20. The highest BCUT2D eigenvalue weighted by Gasteiger charge is 2.11. The van der Waals surface area contributed by atoms with Crippen LogP contribution >= 0.6 is 0 Å². The molecule has 0 aromatic heterocycles. The van der Waals surface area contributed by atoms with Crippen LogP contribution < -0.4 is 0 Å². The maximum absolute atomic E-state index is 10.8. The summed E-state index contributed by atoms with van der Waals surface area (Å²) in [5, 5.41) is 8.09. The summed E-state index contributed by atoms with van der Waals surface area (Å²) < 4.78 is 19.6. The molecule has 15 heavy (non-hydrogen) atoms. The zero-order valence-electron chi connectivity index (χ0n) is 8.21. The molecule has 0 saturated heterocycles. The van der Waals surface area contributed by atoms with Crippen LogP contribution in [0.25, 0.3) is 0 Å². The first kappa shape index (κ1) is 11.9. The van der Waals surface area contributed by atoms with E-state index in [9.17, 15) is 9.00 Å².